The summed E-state index contributed by atoms with van der Waals surface area (Å²) in [4.78, 5) is 22.8. The van der Waals surface area contributed by atoms with Crippen molar-refractivity contribution in [2.75, 3.05) is 25.7 Å². The lowest BCUT2D eigenvalue weighted by Crippen LogP contribution is -2.39. The third kappa shape index (κ3) is 6.60. The van der Waals surface area contributed by atoms with Crippen LogP contribution in [-0.2, 0) is 11.8 Å². The number of benzene rings is 1. The second-order valence-electron chi connectivity index (χ2n) is 8.64. The van der Waals surface area contributed by atoms with Gasteiger partial charge in [0.1, 0.15) is 5.69 Å². The van der Waals surface area contributed by atoms with E-state index < -0.39 is 11.6 Å². The fourth-order valence-corrected chi connectivity index (χ4v) is 4.05. The number of hydrogen-bond acceptors (Lipinski definition) is 7. The highest BCUT2D eigenvalue weighted by Crippen LogP contribution is 2.31. The van der Waals surface area contributed by atoms with Crippen LogP contribution in [0.4, 0.5) is 14.6 Å². The fourth-order valence-electron chi connectivity index (χ4n) is 4.05. The van der Waals surface area contributed by atoms with Crippen molar-refractivity contribution >= 4 is 17.8 Å². The minimum Gasteiger partial charge on any atom is -0.494 e. The maximum atomic E-state index is 13.2. The zero-order valence-electron chi connectivity index (χ0n) is 23.1. The summed E-state index contributed by atoms with van der Waals surface area (Å²) in [6.45, 7) is 10.1. The van der Waals surface area contributed by atoms with Crippen LogP contribution in [0.1, 0.15) is 37.9 Å². The van der Waals surface area contributed by atoms with Crippen molar-refractivity contribution in [3.05, 3.63) is 65.9 Å². The Morgan fingerprint density at radius 2 is 1.79 bits per heavy atom. The molecule has 5 rings (SSSR count). The van der Waals surface area contributed by atoms with Gasteiger partial charge >= 0.3 is 0 Å². The van der Waals surface area contributed by atoms with E-state index in [1.54, 1.807) is 17.1 Å². The Morgan fingerprint density at radius 3 is 2.33 bits per heavy atom. The van der Waals surface area contributed by atoms with Crippen LogP contribution in [0, 0.1) is 18.6 Å². The topological polar surface area (TPSA) is 94.4 Å². The summed E-state index contributed by atoms with van der Waals surface area (Å²) in [7, 11) is 4.50. The predicted octanol–water partition coefficient (Wildman–Crippen LogP) is 4.82. The van der Waals surface area contributed by atoms with Gasteiger partial charge in [-0.2, -0.15) is 5.10 Å². The Labute approximate surface area is 227 Å². The van der Waals surface area contributed by atoms with Gasteiger partial charge in [-0.1, -0.05) is 20.4 Å². The summed E-state index contributed by atoms with van der Waals surface area (Å²) in [5, 5.41) is 7.18. The van der Waals surface area contributed by atoms with E-state index in [2.05, 4.69) is 22.0 Å². The molecule has 2 aliphatic rings. The molecule has 2 aliphatic heterocycles. The number of nitrogens with zero attached hydrogens (tertiary/aromatic N) is 5. The van der Waals surface area contributed by atoms with E-state index in [9.17, 15) is 13.6 Å². The smallest absolute Gasteiger partial charge is 0.220 e. The van der Waals surface area contributed by atoms with Crippen molar-refractivity contribution in [3.8, 4) is 22.8 Å². The van der Waals surface area contributed by atoms with Gasteiger partial charge in [0.2, 0.25) is 5.91 Å². The number of aryl methyl sites for hydroxylation is 1. The van der Waals surface area contributed by atoms with Gasteiger partial charge in [0.25, 0.3) is 0 Å². The molecule has 1 fully saturated rings. The van der Waals surface area contributed by atoms with Crippen molar-refractivity contribution in [2.45, 2.75) is 39.7 Å². The Balaban J connectivity index is 0.000000239. The average molecular weight is 541 g/mol. The number of halogens is 2. The summed E-state index contributed by atoms with van der Waals surface area (Å²) in [6, 6.07) is 1.29. The molecule has 1 aromatic carbocycles. The number of amides is 1. The maximum absolute atomic E-state index is 13.2. The molecule has 1 unspecified atom stereocenters. The highest BCUT2D eigenvalue weighted by Gasteiger charge is 2.27. The van der Waals surface area contributed by atoms with Crippen molar-refractivity contribution < 1.29 is 23.0 Å². The average Bonchev–Trinajstić information content (AvgIpc) is 3.58. The number of anilines is 1. The number of carbonyl (C=O) groups is 1. The van der Waals surface area contributed by atoms with Gasteiger partial charge in [0, 0.05) is 55.1 Å². The molecule has 1 amide bonds. The number of rotatable bonds is 5. The van der Waals surface area contributed by atoms with E-state index in [4.69, 9.17) is 14.5 Å². The third-order valence-electron chi connectivity index (χ3n) is 6.10. The Kier molecular flexibility index (Phi) is 9.75. The van der Waals surface area contributed by atoms with E-state index in [-0.39, 0.29) is 29.0 Å². The second-order valence-corrected chi connectivity index (χ2v) is 8.64. The van der Waals surface area contributed by atoms with Crippen molar-refractivity contribution in [3.63, 3.8) is 0 Å². The van der Waals surface area contributed by atoms with Crippen LogP contribution >= 0.6 is 0 Å². The van der Waals surface area contributed by atoms with Gasteiger partial charge in [0.05, 0.1) is 32.3 Å². The molecule has 1 N–H and O–H groups in total. The molecular weight excluding hydrogens is 506 g/mol. The van der Waals surface area contributed by atoms with Crippen LogP contribution in [0.5, 0.6) is 11.5 Å². The van der Waals surface area contributed by atoms with Crippen molar-refractivity contribution in [2.24, 2.45) is 7.05 Å². The monoisotopic (exact) mass is 540 g/mol. The number of methoxy groups -OCH3 is 2. The fraction of sp³-hybridized carbons (Fsp3) is 0.357. The van der Waals surface area contributed by atoms with Gasteiger partial charge in [-0.3, -0.25) is 14.5 Å². The van der Waals surface area contributed by atoms with Crippen LogP contribution in [0.15, 0.2) is 43.0 Å². The molecule has 0 radical (unpaired) electrons. The molecule has 11 heteroatoms. The van der Waals surface area contributed by atoms with E-state index in [0.717, 1.165) is 34.9 Å². The lowest BCUT2D eigenvalue weighted by Gasteiger charge is -2.30. The maximum Gasteiger partial charge on any atom is 0.220 e. The number of ether oxygens (including phenoxy) is 2. The summed E-state index contributed by atoms with van der Waals surface area (Å²) >= 11 is 0. The molecule has 1 saturated heterocycles. The molecule has 0 spiro atoms. The Morgan fingerprint density at radius 1 is 1.13 bits per heavy atom. The number of carbonyl (C=O) groups excluding carboxylic acids is 1. The van der Waals surface area contributed by atoms with Crippen LogP contribution < -0.4 is 19.7 Å². The van der Waals surface area contributed by atoms with Gasteiger partial charge in [-0.05, 0) is 25.5 Å². The first-order valence-corrected chi connectivity index (χ1v) is 12.6. The van der Waals surface area contributed by atoms with Gasteiger partial charge in [-0.15, -0.1) is 0 Å². The number of aromatic nitrogens is 4. The normalized spacial score (nSPS) is 15.5. The first kappa shape index (κ1) is 29.3. The van der Waals surface area contributed by atoms with Gasteiger partial charge in [0.15, 0.2) is 29.0 Å². The molecule has 208 valence electrons. The third-order valence-corrected chi connectivity index (χ3v) is 6.10. The number of fused-ring (bicyclic) bond motifs is 1. The van der Waals surface area contributed by atoms with Crippen LogP contribution in [0.3, 0.4) is 0 Å². The van der Waals surface area contributed by atoms with E-state index in [1.807, 2.05) is 44.1 Å². The first-order chi connectivity index (χ1) is 18.7. The summed E-state index contributed by atoms with van der Waals surface area (Å²) < 4.78 is 37.5. The lowest BCUT2D eigenvalue weighted by atomic mass is 10.1. The minimum absolute atomic E-state index is 0.0178. The highest BCUT2D eigenvalue weighted by atomic mass is 19.1. The Bertz CT molecular complexity index is 1340. The molecule has 0 saturated carbocycles. The van der Waals surface area contributed by atoms with Crippen molar-refractivity contribution in [1.82, 2.24) is 25.1 Å². The SMILES string of the molecule is C=C1C=Cc2ncc(-c3cnn(C)c3)nc2N1CC1CCC(=O)N1.CC.COc1cc(OC)c(F)c(C)c1F. The minimum atomic E-state index is -0.694. The zero-order valence-corrected chi connectivity index (χ0v) is 23.1. The van der Waals surface area contributed by atoms with E-state index in [0.29, 0.717) is 13.0 Å². The van der Waals surface area contributed by atoms with Crippen LogP contribution in [0.25, 0.3) is 17.3 Å². The number of nitrogens with one attached hydrogen (secondary N) is 1. The molecule has 0 aliphatic carbocycles. The van der Waals surface area contributed by atoms with E-state index >= 15 is 0 Å². The largest absolute Gasteiger partial charge is 0.494 e. The number of hydrogen-bond donors (Lipinski definition) is 1. The van der Waals surface area contributed by atoms with Gasteiger partial charge < -0.3 is 19.7 Å². The standard InChI is InChI=1S/C17H18N6O.C9H10F2O2.C2H6/c1-11-3-5-14-17(23(11)10-13-4-6-16(24)20-13)21-15(8-18-14)12-7-19-22(2)9-12;1-5-8(10)6(12-2)4-7(13-3)9(5)11;1-2/h3,5,7-9,13H,1,4,6,10H2,2H3,(H,20,24);4H,1-3H3;1-2H3. The lowest BCUT2D eigenvalue weighted by molar-refractivity contribution is -0.119. The molecule has 9 nitrogen and oxygen atoms in total. The predicted molar refractivity (Wildman–Crippen MR) is 146 cm³/mol. The molecule has 0 bridgehead atoms. The second kappa shape index (κ2) is 13.0. The zero-order chi connectivity index (χ0) is 28.7. The van der Waals surface area contributed by atoms with Crippen LogP contribution in [-0.4, -0.2) is 52.5 Å². The van der Waals surface area contributed by atoms with E-state index in [1.165, 1.54) is 27.2 Å². The molecular formula is C28H34F2N6O3. The first-order valence-electron chi connectivity index (χ1n) is 12.6. The number of allylic oxidation sites excluding steroid dienone is 1. The summed E-state index contributed by atoms with van der Waals surface area (Å²) in [5.74, 6) is -0.549. The molecule has 2 aromatic heterocycles. The quantitative estimate of drug-likeness (QED) is 0.496. The van der Waals surface area contributed by atoms with Crippen LogP contribution in [0.2, 0.25) is 0 Å². The Hall–Kier alpha value is -4.28. The summed E-state index contributed by atoms with van der Waals surface area (Å²) in [5.41, 5.74) is 3.24. The summed E-state index contributed by atoms with van der Waals surface area (Å²) in [6.07, 6.45) is 10.7. The molecule has 4 heterocycles. The van der Waals surface area contributed by atoms with Gasteiger partial charge in [-0.25, -0.2) is 13.8 Å². The van der Waals surface area contributed by atoms with Crippen molar-refractivity contribution in [1.29, 1.82) is 0 Å². The molecule has 39 heavy (non-hydrogen) atoms. The highest BCUT2D eigenvalue weighted by molar-refractivity contribution is 5.79. The molecule has 3 aromatic rings. The molecule has 1 atom stereocenters.